The molecule has 0 fully saturated rings. The molecule has 108 valence electrons. The average molecular weight is 279 g/mol. The monoisotopic (exact) mass is 279 g/mol. The quantitative estimate of drug-likeness (QED) is 0.789. The zero-order valence-electron chi connectivity index (χ0n) is 11.6. The Balaban J connectivity index is 2.07. The van der Waals surface area contributed by atoms with Crippen molar-refractivity contribution in [3.05, 3.63) is 41.0 Å². The molecule has 1 heterocycles. The second-order valence-corrected chi connectivity index (χ2v) is 4.49. The van der Waals surface area contributed by atoms with Crippen LogP contribution in [0.25, 0.3) is 0 Å². The van der Waals surface area contributed by atoms with E-state index in [0.717, 1.165) is 18.5 Å². The third-order valence-corrected chi connectivity index (χ3v) is 2.89. The summed E-state index contributed by atoms with van der Waals surface area (Å²) in [7, 11) is 0. The fourth-order valence-electron chi connectivity index (χ4n) is 1.78. The highest BCUT2D eigenvalue weighted by Gasteiger charge is 2.12. The van der Waals surface area contributed by atoms with Gasteiger partial charge in [0.1, 0.15) is 18.0 Å². The van der Waals surface area contributed by atoms with Gasteiger partial charge in [-0.1, -0.05) is 29.4 Å². The van der Waals surface area contributed by atoms with Gasteiger partial charge in [0.15, 0.2) is 11.6 Å². The van der Waals surface area contributed by atoms with E-state index in [4.69, 9.17) is 4.74 Å². The van der Waals surface area contributed by atoms with Crippen LogP contribution in [-0.4, -0.2) is 16.9 Å². The standard InChI is InChI=1S/C14H18FN3O2/c1-3-7-16-8-11-5-4-6-12(15)14(11)19-9-13-10(2)17-20-18-13/h4-6,16H,3,7-9H2,1-2H3. The first-order valence-corrected chi connectivity index (χ1v) is 6.61. The summed E-state index contributed by atoms with van der Waals surface area (Å²) >= 11 is 0. The van der Waals surface area contributed by atoms with Crippen molar-refractivity contribution in [2.75, 3.05) is 6.54 Å². The predicted molar refractivity (Wildman–Crippen MR) is 71.8 cm³/mol. The van der Waals surface area contributed by atoms with E-state index in [0.29, 0.717) is 17.9 Å². The molecule has 1 N–H and O–H groups in total. The third kappa shape index (κ3) is 3.54. The lowest BCUT2D eigenvalue weighted by Crippen LogP contribution is -2.15. The molecule has 0 aliphatic heterocycles. The fraction of sp³-hybridized carbons (Fsp3) is 0.429. The summed E-state index contributed by atoms with van der Waals surface area (Å²) < 4.78 is 24.0. The molecule has 0 unspecified atom stereocenters. The molecule has 0 aliphatic carbocycles. The predicted octanol–water partition coefficient (Wildman–Crippen LogP) is 2.60. The minimum Gasteiger partial charge on any atom is -0.484 e. The van der Waals surface area contributed by atoms with E-state index in [2.05, 4.69) is 27.2 Å². The van der Waals surface area contributed by atoms with Crippen LogP contribution >= 0.6 is 0 Å². The molecule has 0 spiro atoms. The van der Waals surface area contributed by atoms with Crippen LogP contribution in [-0.2, 0) is 13.2 Å². The van der Waals surface area contributed by atoms with Gasteiger partial charge in [0.05, 0.1) is 0 Å². The molecule has 0 saturated carbocycles. The number of nitrogens with one attached hydrogen (secondary N) is 1. The van der Waals surface area contributed by atoms with Gasteiger partial charge in [-0.3, -0.25) is 0 Å². The topological polar surface area (TPSA) is 60.2 Å². The van der Waals surface area contributed by atoms with Gasteiger partial charge in [0.2, 0.25) is 0 Å². The third-order valence-electron chi connectivity index (χ3n) is 2.89. The molecule has 0 saturated heterocycles. The van der Waals surface area contributed by atoms with E-state index >= 15 is 0 Å². The molecule has 2 rings (SSSR count). The lowest BCUT2D eigenvalue weighted by Gasteiger charge is -2.12. The first-order valence-electron chi connectivity index (χ1n) is 6.61. The molecule has 1 aromatic heterocycles. The van der Waals surface area contributed by atoms with Gasteiger partial charge in [-0.05, 0) is 26.0 Å². The molecule has 6 heteroatoms. The zero-order valence-corrected chi connectivity index (χ0v) is 11.6. The summed E-state index contributed by atoms with van der Waals surface area (Å²) in [5, 5.41) is 10.6. The van der Waals surface area contributed by atoms with Gasteiger partial charge >= 0.3 is 0 Å². The van der Waals surface area contributed by atoms with Gasteiger partial charge in [-0.25, -0.2) is 9.02 Å². The van der Waals surface area contributed by atoms with Crippen LogP contribution in [0.3, 0.4) is 0 Å². The summed E-state index contributed by atoms with van der Waals surface area (Å²) in [6.45, 7) is 5.42. The summed E-state index contributed by atoms with van der Waals surface area (Å²) in [6.07, 6.45) is 1.02. The van der Waals surface area contributed by atoms with Gasteiger partial charge in [0, 0.05) is 12.1 Å². The van der Waals surface area contributed by atoms with E-state index < -0.39 is 0 Å². The van der Waals surface area contributed by atoms with Gasteiger partial charge in [0.25, 0.3) is 0 Å². The lowest BCUT2D eigenvalue weighted by molar-refractivity contribution is 0.260. The van der Waals surface area contributed by atoms with Crippen LogP contribution in [0, 0.1) is 12.7 Å². The van der Waals surface area contributed by atoms with E-state index in [9.17, 15) is 4.39 Å². The summed E-state index contributed by atoms with van der Waals surface area (Å²) in [6, 6.07) is 4.90. The highest BCUT2D eigenvalue weighted by molar-refractivity contribution is 5.35. The Bertz CT molecular complexity index is 557. The maximum Gasteiger partial charge on any atom is 0.165 e. The van der Waals surface area contributed by atoms with Crippen molar-refractivity contribution in [3.8, 4) is 5.75 Å². The minimum absolute atomic E-state index is 0.136. The Morgan fingerprint density at radius 1 is 1.35 bits per heavy atom. The van der Waals surface area contributed by atoms with Crippen molar-refractivity contribution < 1.29 is 13.8 Å². The van der Waals surface area contributed by atoms with Gasteiger partial charge in [-0.15, -0.1) is 0 Å². The largest absolute Gasteiger partial charge is 0.484 e. The number of nitrogens with zero attached hydrogens (tertiary/aromatic N) is 2. The number of benzene rings is 1. The molecule has 0 aliphatic rings. The Hall–Kier alpha value is -1.95. The number of aromatic nitrogens is 2. The second-order valence-electron chi connectivity index (χ2n) is 4.49. The van der Waals surface area contributed by atoms with Crippen LogP contribution in [0.1, 0.15) is 30.3 Å². The highest BCUT2D eigenvalue weighted by Crippen LogP contribution is 2.23. The van der Waals surface area contributed by atoms with Crippen LogP contribution in [0.5, 0.6) is 5.75 Å². The molecule has 0 amide bonds. The van der Waals surface area contributed by atoms with Crippen molar-refractivity contribution in [1.29, 1.82) is 0 Å². The number of ether oxygens (including phenoxy) is 1. The highest BCUT2D eigenvalue weighted by atomic mass is 19.1. The number of aryl methyl sites for hydroxylation is 1. The van der Waals surface area contributed by atoms with Crippen LogP contribution < -0.4 is 10.1 Å². The van der Waals surface area contributed by atoms with Crippen LogP contribution in [0.15, 0.2) is 22.8 Å². The SMILES string of the molecule is CCCNCc1cccc(F)c1OCc1nonc1C. The average Bonchev–Trinajstić information content (AvgIpc) is 2.84. The van der Waals surface area contributed by atoms with Crippen LogP contribution in [0.4, 0.5) is 4.39 Å². The molecule has 0 radical (unpaired) electrons. The van der Waals surface area contributed by atoms with E-state index in [1.54, 1.807) is 13.0 Å². The zero-order chi connectivity index (χ0) is 14.4. The molecule has 0 atom stereocenters. The Morgan fingerprint density at radius 3 is 2.90 bits per heavy atom. The maximum atomic E-state index is 13.9. The van der Waals surface area contributed by atoms with Gasteiger partial charge in [-0.2, -0.15) is 0 Å². The summed E-state index contributed by atoms with van der Waals surface area (Å²) in [5.74, 6) is -0.131. The number of halogens is 1. The Labute approximate surface area is 117 Å². The molecule has 2 aromatic rings. The Kier molecular flexibility index (Phi) is 5.06. The molecule has 0 bridgehead atoms. The number of rotatable bonds is 7. The smallest absolute Gasteiger partial charge is 0.165 e. The van der Waals surface area contributed by atoms with Gasteiger partial charge < -0.3 is 10.1 Å². The van der Waals surface area contributed by atoms with Crippen molar-refractivity contribution in [2.45, 2.75) is 33.4 Å². The van der Waals surface area contributed by atoms with E-state index in [1.807, 2.05) is 6.07 Å². The molecular weight excluding hydrogens is 261 g/mol. The molecule has 1 aromatic carbocycles. The summed E-state index contributed by atoms with van der Waals surface area (Å²) in [5.41, 5.74) is 2.00. The Morgan fingerprint density at radius 2 is 2.20 bits per heavy atom. The normalized spacial score (nSPS) is 10.8. The minimum atomic E-state index is -0.380. The number of hydrogen-bond donors (Lipinski definition) is 1. The van der Waals surface area contributed by atoms with Crippen molar-refractivity contribution >= 4 is 0 Å². The molecule has 20 heavy (non-hydrogen) atoms. The first-order chi connectivity index (χ1) is 9.72. The fourth-order valence-corrected chi connectivity index (χ4v) is 1.78. The maximum absolute atomic E-state index is 13.9. The first kappa shape index (κ1) is 14.5. The van der Waals surface area contributed by atoms with Crippen molar-refractivity contribution in [1.82, 2.24) is 15.6 Å². The lowest BCUT2D eigenvalue weighted by atomic mass is 10.2. The van der Waals surface area contributed by atoms with E-state index in [-0.39, 0.29) is 18.2 Å². The van der Waals surface area contributed by atoms with Crippen molar-refractivity contribution in [2.24, 2.45) is 0 Å². The van der Waals surface area contributed by atoms with E-state index in [1.165, 1.54) is 6.07 Å². The van der Waals surface area contributed by atoms with Crippen LogP contribution in [0.2, 0.25) is 0 Å². The summed E-state index contributed by atoms with van der Waals surface area (Å²) in [4.78, 5) is 0. The number of para-hydroxylation sites is 1. The molecular formula is C14H18FN3O2. The molecule has 5 nitrogen and oxygen atoms in total. The van der Waals surface area contributed by atoms with Crippen molar-refractivity contribution in [3.63, 3.8) is 0 Å². The second kappa shape index (κ2) is 7.00. The number of hydrogen-bond acceptors (Lipinski definition) is 5.